The zero-order chi connectivity index (χ0) is 14.0. The number of hydrogen-bond acceptors (Lipinski definition) is 2. The number of carbonyl (C=O) groups excluding carboxylic acids is 1. The van der Waals surface area contributed by atoms with Crippen molar-refractivity contribution in [3.8, 4) is 0 Å². The van der Waals surface area contributed by atoms with Gasteiger partial charge in [-0.25, -0.2) is 0 Å². The lowest BCUT2D eigenvalue weighted by Gasteiger charge is -2.19. The number of fused-ring (bicyclic) bond motifs is 1. The summed E-state index contributed by atoms with van der Waals surface area (Å²) in [6.45, 7) is 4.70. The predicted octanol–water partition coefficient (Wildman–Crippen LogP) is 2.46. The minimum absolute atomic E-state index is 0.0880. The maximum Gasteiger partial charge on any atom is 0.303 e. The normalized spacial score (nSPS) is 14.1. The summed E-state index contributed by atoms with van der Waals surface area (Å²) < 4.78 is 0. The first kappa shape index (κ1) is 13.6. The van der Waals surface area contributed by atoms with Crippen molar-refractivity contribution in [2.45, 2.75) is 45.7 Å². The Kier molecular flexibility index (Phi) is 3.88. The molecule has 0 aromatic heterocycles. The second-order valence-corrected chi connectivity index (χ2v) is 5.27. The van der Waals surface area contributed by atoms with Crippen LogP contribution in [0.4, 0.5) is 0 Å². The van der Waals surface area contributed by atoms with Crippen LogP contribution in [0.2, 0.25) is 0 Å². The number of amides is 1. The van der Waals surface area contributed by atoms with Gasteiger partial charge in [-0.1, -0.05) is 12.1 Å². The molecule has 0 bridgehead atoms. The first-order valence-electron chi connectivity index (χ1n) is 6.63. The van der Waals surface area contributed by atoms with E-state index in [1.165, 1.54) is 0 Å². The van der Waals surface area contributed by atoms with Crippen molar-refractivity contribution in [2.75, 3.05) is 0 Å². The molecular formula is C15H19NO3. The third kappa shape index (κ3) is 2.95. The molecule has 0 saturated carbocycles. The highest BCUT2D eigenvalue weighted by Gasteiger charge is 2.28. The van der Waals surface area contributed by atoms with Gasteiger partial charge in [-0.05, 0) is 43.9 Å². The lowest BCUT2D eigenvalue weighted by atomic mass is 10.0. The number of carboxylic acid groups (broad SMARTS) is 1. The van der Waals surface area contributed by atoms with E-state index in [9.17, 15) is 9.59 Å². The van der Waals surface area contributed by atoms with Crippen molar-refractivity contribution in [1.29, 1.82) is 0 Å². The van der Waals surface area contributed by atoms with Gasteiger partial charge in [-0.15, -0.1) is 0 Å². The standard InChI is InChI=1S/C15H19NO3/c1-10(2)16-9-12-7-6-11(4-3-5-14(17)18)8-13(12)15(16)19/h6-8,10H,3-5,9H2,1-2H3,(H,17,18). The van der Waals surface area contributed by atoms with Crippen molar-refractivity contribution >= 4 is 11.9 Å². The zero-order valence-corrected chi connectivity index (χ0v) is 11.3. The fourth-order valence-electron chi connectivity index (χ4n) is 2.39. The zero-order valence-electron chi connectivity index (χ0n) is 11.3. The average Bonchev–Trinajstić information content (AvgIpc) is 2.67. The molecule has 19 heavy (non-hydrogen) atoms. The van der Waals surface area contributed by atoms with Crippen LogP contribution in [0, 0.1) is 0 Å². The van der Waals surface area contributed by atoms with Gasteiger partial charge in [0.2, 0.25) is 0 Å². The summed E-state index contributed by atoms with van der Waals surface area (Å²) in [7, 11) is 0. The third-order valence-electron chi connectivity index (χ3n) is 3.49. The highest BCUT2D eigenvalue weighted by molar-refractivity contribution is 5.98. The predicted molar refractivity (Wildman–Crippen MR) is 72.0 cm³/mol. The van der Waals surface area contributed by atoms with E-state index < -0.39 is 5.97 Å². The molecule has 0 saturated heterocycles. The van der Waals surface area contributed by atoms with Gasteiger partial charge >= 0.3 is 5.97 Å². The first-order chi connectivity index (χ1) is 8.99. The molecule has 4 heteroatoms. The van der Waals surface area contributed by atoms with Crippen LogP contribution in [-0.4, -0.2) is 27.9 Å². The fraction of sp³-hybridized carbons (Fsp3) is 0.467. The molecule has 1 heterocycles. The molecule has 4 nitrogen and oxygen atoms in total. The molecule has 0 atom stereocenters. The van der Waals surface area contributed by atoms with E-state index >= 15 is 0 Å². The molecule has 1 amide bonds. The van der Waals surface area contributed by atoms with Crippen molar-refractivity contribution in [3.05, 3.63) is 34.9 Å². The topological polar surface area (TPSA) is 57.6 Å². The SMILES string of the molecule is CC(C)N1Cc2ccc(CCCC(=O)O)cc2C1=O. The summed E-state index contributed by atoms with van der Waals surface area (Å²) in [5.41, 5.74) is 2.89. The molecule has 0 unspecified atom stereocenters. The lowest BCUT2D eigenvalue weighted by Crippen LogP contribution is -2.30. The molecule has 1 aromatic rings. The summed E-state index contributed by atoms with van der Waals surface area (Å²) in [5, 5.41) is 8.62. The average molecular weight is 261 g/mol. The van der Waals surface area contributed by atoms with Crippen LogP contribution in [0.5, 0.6) is 0 Å². The monoisotopic (exact) mass is 261 g/mol. The Balaban J connectivity index is 2.09. The van der Waals surface area contributed by atoms with Gasteiger partial charge in [0.05, 0.1) is 0 Å². The summed E-state index contributed by atoms with van der Waals surface area (Å²) in [5.74, 6) is -0.687. The largest absolute Gasteiger partial charge is 0.481 e. The van der Waals surface area contributed by atoms with Crippen molar-refractivity contribution in [3.63, 3.8) is 0 Å². The molecule has 0 aliphatic carbocycles. The highest BCUT2D eigenvalue weighted by Crippen LogP contribution is 2.26. The lowest BCUT2D eigenvalue weighted by molar-refractivity contribution is -0.137. The number of rotatable bonds is 5. The Morgan fingerprint density at radius 2 is 2.16 bits per heavy atom. The maximum absolute atomic E-state index is 12.2. The second-order valence-electron chi connectivity index (χ2n) is 5.27. The Labute approximate surface area is 113 Å². The summed E-state index contributed by atoms with van der Waals surface area (Å²) in [6.07, 6.45) is 1.48. The molecular weight excluding hydrogens is 242 g/mol. The molecule has 1 N–H and O–H groups in total. The second kappa shape index (κ2) is 5.43. The van der Waals surface area contributed by atoms with E-state index in [0.717, 1.165) is 16.7 Å². The minimum atomic E-state index is -0.775. The molecule has 0 radical (unpaired) electrons. The van der Waals surface area contributed by atoms with Crippen molar-refractivity contribution in [1.82, 2.24) is 4.90 Å². The molecule has 1 aliphatic heterocycles. The van der Waals surface area contributed by atoms with Gasteiger partial charge in [0.1, 0.15) is 0 Å². The minimum Gasteiger partial charge on any atom is -0.481 e. The molecule has 0 fully saturated rings. The fourth-order valence-corrected chi connectivity index (χ4v) is 2.39. The number of carbonyl (C=O) groups is 2. The van der Waals surface area contributed by atoms with Crippen LogP contribution in [0.1, 0.15) is 48.2 Å². The molecule has 0 spiro atoms. The Bertz CT molecular complexity index is 508. The van der Waals surface area contributed by atoms with E-state index in [0.29, 0.717) is 19.4 Å². The van der Waals surface area contributed by atoms with Crippen LogP contribution < -0.4 is 0 Å². The number of nitrogens with zero attached hydrogens (tertiary/aromatic N) is 1. The van der Waals surface area contributed by atoms with E-state index in [1.807, 2.05) is 36.9 Å². The van der Waals surface area contributed by atoms with E-state index in [1.54, 1.807) is 0 Å². The van der Waals surface area contributed by atoms with Gasteiger partial charge in [-0.2, -0.15) is 0 Å². The highest BCUT2D eigenvalue weighted by atomic mass is 16.4. The van der Waals surface area contributed by atoms with Gasteiger partial charge in [0, 0.05) is 24.6 Å². The van der Waals surface area contributed by atoms with E-state index in [-0.39, 0.29) is 18.4 Å². The summed E-state index contributed by atoms with van der Waals surface area (Å²) >= 11 is 0. The van der Waals surface area contributed by atoms with Crippen LogP contribution in [0.3, 0.4) is 0 Å². The molecule has 1 aliphatic rings. The first-order valence-corrected chi connectivity index (χ1v) is 6.63. The number of hydrogen-bond donors (Lipinski definition) is 1. The number of benzene rings is 1. The Morgan fingerprint density at radius 3 is 2.79 bits per heavy atom. The van der Waals surface area contributed by atoms with Gasteiger partial charge < -0.3 is 10.0 Å². The van der Waals surface area contributed by atoms with Crippen LogP contribution in [0.15, 0.2) is 18.2 Å². The van der Waals surface area contributed by atoms with Crippen LogP contribution >= 0.6 is 0 Å². The van der Waals surface area contributed by atoms with E-state index in [2.05, 4.69) is 0 Å². The van der Waals surface area contributed by atoms with E-state index in [4.69, 9.17) is 5.11 Å². The van der Waals surface area contributed by atoms with Crippen molar-refractivity contribution in [2.24, 2.45) is 0 Å². The Morgan fingerprint density at radius 1 is 1.42 bits per heavy atom. The quantitative estimate of drug-likeness (QED) is 0.885. The third-order valence-corrected chi connectivity index (χ3v) is 3.49. The number of aliphatic carboxylic acids is 1. The van der Waals surface area contributed by atoms with Gasteiger partial charge in [0.25, 0.3) is 5.91 Å². The molecule has 102 valence electrons. The van der Waals surface area contributed by atoms with Crippen molar-refractivity contribution < 1.29 is 14.7 Å². The van der Waals surface area contributed by atoms with Crippen LogP contribution in [-0.2, 0) is 17.8 Å². The number of aryl methyl sites for hydroxylation is 1. The molecule has 1 aromatic carbocycles. The van der Waals surface area contributed by atoms with Crippen LogP contribution in [0.25, 0.3) is 0 Å². The summed E-state index contributed by atoms with van der Waals surface area (Å²) in [6, 6.07) is 6.11. The maximum atomic E-state index is 12.2. The van der Waals surface area contributed by atoms with Gasteiger partial charge in [-0.3, -0.25) is 9.59 Å². The Hall–Kier alpha value is -1.84. The smallest absolute Gasteiger partial charge is 0.303 e. The number of carboxylic acids is 1. The van der Waals surface area contributed by atoms with Gasteiger partial charge in [0.15, 0.2) is 0 Å². The molecule has 2 rings (SSSR count). The summed E-state index contributed by atoms with van der Waals surface area (Å²) in [4.78, 5) is 24.5.